The van der Waals surface area contributed by atoms with E-state index in [1.807, 2.05) is 0 Å². The number of carboxylic acid groups (broad SMARTS) is 1. The summed E-state index contributed by atoms with van der Waals surface area (Å²) in [6.07, 6.45) is 0. The summed E-state index contributed by atoms with van der Waals surface area (Å²) >= 11 is 5.91. The Bertz CT molecular complexity index is 469. The third kappa shape index (κ3) is 3.45. The van der Waals surface area contributed by atoms with Gasteiger partial charge in [0, 0.05) is 10.6 Å². The van der Waals surface area contributed by atoms with E-state index in [1.54, 1.807) is 24.3 Å². The Morgan fingerprint density at radius 1 is 1.39 bits per heavy atom. The fourth-order valence-corrected chi connectivity index (χ4v) is 1.54. The topological polar surface area (TPSA) is 92.4 Å². The fraction of sp³-hybridized carbons (Fsp3) is 0.333. The van der Waals surface area contributed by atoms with Crippen LogP contribution >= 0.6 is 11.6 Å². The van der Waals surface area contributed by atoms with Gasteiger partial charge in [0.1, 0.15) is 0 Å². The molecule has 1 rings (SSSR count). The van der Waals surface area contributed by atoms with Crippen LogP contribution in [-0.2, 0) is 9.59 Å². The van der Waals surface area contributed by atoms with Crippen molar-refractivity contribution < 1.29 is 14.7 Å². The number of nitrogens with one attached hydrogen (secondary N) is 1. The first-order chi connectivity index (χ1) is 8.23. The second-order valence-electron chi connectivity index (χ2n) is 4.49. The number of rotatable bonds is 4. The fourth-order valence-electron chi connectivity index (χ4n) is 1.30. The number of amides is 1. The van der Waals surface area contributed by atoms with Crippen molar-refractivity contribution in [2.75, 3.05) is 0 Å². The number of aliphatic carboxylic acids is 1. The summed E-state index contributed by atoms with van der Waals surface area (Å²) in [7, 11) is 0. The monoisotopic (exact) mass is 270 g/mol. The lowest BCUT2D eigenvalue weighted by atomic mass is 10.0. The van der Waals surface area contributed by atoms with Crippen molar-refractivity contribution in [3.63, 3.8) is 0 Å². The Morgan fingerprint density at radius 2 is 1.94 bits per heavy atom. The van der Waals surface area contributed by atoms with Crippen molar-refractivity contribution in [3.05, 3.63) is 34.9 Å². The zero-order valence-corrected chi connectivity index (χ0v) is 10.9. The van der Waals surface area contributed by atoms with E-state index >= 15 is 0 Å². The lowest BCUT2D eigenvalue weighted by Gasteiger charge is -2.22. The first kappa shape index (κ1) is 14.5. The zero-order valence-electron chi connectivity index (χ0n) is 10.1. The van der Waals surface area contributed by atoms with E-state index in [2.05, 4.69) is 5.32 Å². The van der Waals surface area contributed by atoms with Gasteiger partial charge in [-0.25, -0.2) is 4.79 Å². The van der Waals surface area contributed by atoms with Gasteiger partial charge in [-0.2, -0.15) is 0 Å². The van der Waals surface area contributed by atoms with Crippen molar-refractivity contribution in [3.8, 4) is 0 Å². The maximum atomic E-state index is 11.7. The second-order valence-corrected chi connectivity index (χ2v) is 4.90. The summed E-state index contributed by atoms with van der Waals surface area (Å²) in [6.45, 7) is 2.99. The molecule has 18 heavy (non-hydrogen) atoms. The van der Waals surface area contributed by atoms with E-state index in [-0.39, 0.29) is 5.02 Å². The molecule has 0 saturated heterocycles. The Hall–Kier alpha value is -1.59. The molecule has 1 amide bonds. The van der Waals surface area contributed by atoms with Gasteiger partial charge in [0.25, 0.3) is 0 Å². The SMILES string of the molecule is CC(C)(N)C(=O)N[C@@H](C(=O)O)c1ccccc1Cl. The van der Waals surface area contributed by atoms with Gasteiger partial charge >= 0.3 is 5.97 Å². The molecular weight excluding hydrogens is 256 g/mol. The van der Waals surface area contributed by atoms with Crippen LogP contribution in [0.5, 0.6) is 0 Å². The number of benzene rings is 1. The lowest BCUT2D eigenvalue weighted by molar-refractivity contribution is -0.142. The summed E-state index contributed by atoms with van der Waals surface area (Å²) in [6, 6.07) is 5.22. The van der Waals surface area contributed by atoms with Crippen LogP contribution in [0, 0.1) is 0 Å². The molecule has 1 aromatic carbocycles. The summed E-state index contributed by atoms with van der Waals surface area (Å²) < 4.78 is 0. The van der Waals surface area contributed by atoms with Gasteiger partial charge in [0.2, 0.25) is 5.91 Å². The number of carbonyl (C=O) groups excluding carboxylic acids is 1. The van der Waals surface area contributed by atoms with Crippen LogP contribution in [0.1, 0.15) is 25.5 Å². The molecular formula is C12H15ClN2O3. The van der Waals surface area contributed by atoms with E-state index in [9.17, 15) is 9.59 Å². The Labute approximate surface area is 110 Å². The van der Waals surface area contributed by atoms with Crippen LogP contribution in [0.2, 0.25) is 5.02 Å². The van der Waals surface area contributed by atoms with Crippen LogP contribution in [0.15, 0.2) is 24.3 Å². The Kier molecular flexibility index (Phi) is 4.32. The van der Waals surface area contributed by atoms with Gasteiger partial charge in [-0.1, -0.05) is 29.8 Å². The normalized spacial score (nSPS) is 12.9. The molecule has 0 aliphatic carbocycles. The molecule has 4 N–H and O–H groups in total. The summed E-state index contributed by atoms with van der Waals surface area (Å²) in [5, 5.41) is 11.8. The summed E-state index contributed by atoms with van der Waals surface area (Å²) in [5.41, 5.74) is 4.77. The van der Waals surface area contributed by atoms with E-state index in [0.717, 1.165) is 0 Å². The molecule has 0 radical (unpaired) electrons. The van der Waals surface area contributed by atoms with Crippen LogP contribution in [0.25, 0.3) is 0 Å². The van der Waals surface area contributed by atoms with Gasteiger partial charge < -0.3 is 16.2 Å². The average Bonchev–Trinajstić information content (AvgIpc) is 2.25. The minimum atomic E-state index is -1.21. The average molecular weight is 271 g/mol. The van der Waals surface area contributed by atoms with E-state index in [4.69, 9.17) is 22.4 Å². The van der Waals surface area contributed by atoms with E-state index < -0.39 is 23.5 Å². The molecule has 0 spiro atoms. The predicted octanol–water partition coefficient (Wildman–Crippen LogP) is 1.32. The standard InChI is InChI=1S/C12H15ClN2O3/c1-12(2,14)11(18)15-9(10(16)17)7-5-3-4-6-8(7)13/h3-6,9H,14H2,1-2H3,(H,15,18)(H,16,17)/t9-/m1/s1. The molecule has 5 nitrogen and oxygen atoms in total. The van der Waals surface area contributed by atoms with Crippen LogP contribution in [-0.4, -0.2) is 22.5 Å². The minimum absolute atomic E-state index is 0.278. The van der Waals surface area contributed by atoms with Crippen molar-refractivity contribution in [2.24, 2.45) is 5.73 Å². The molecule has 0 aliphatic heterocycles. The smallest absolute Gasteiger partial charge is 0.330 e. The van der Waals surface area contributed by atoms with Crippen molar-refractivity contribution >= 4 is 23.5 Å². The molecule has 0 aliphatic rings. The highest BCUT2D eigenvalue weighted by atomic mass is 35.5. The van der Waals surface area contributed by atoms with E-state index in [0.29, 0.717) is 5.56 Å². The third-order valence-electron chi connectivity index (χ3n) is 2.32. The highest BCUT2D eigenvalue weighted by Crippen LogP contribution is 2.23. The van der Waals surface area contributed by atoms with Crippen LogP contribution in [0.3, 0.4) is 0 Å². The number of halogens is 1. The van der Waals surface area contributed by atoms with Crippen LogP contribution in [0.4, 0.5) is 0 Å². The quantitative estimate of drug-likeness (QED) is 0.769. The highest BCUT2D eigenvalue weighted by Gasteiger charge is 2.29. The third-order valence-corrected chi connectivity index (χ3v) is 2.67. The number of carboxylic acids is 1. The van der Waals surface area contributed by atoms with Crippen molar-refractivity contribution in [1.82, 2.24) is 5.32 Å². The molecule has 0 heterocycles. The highest BCUT2D eigenvalue weighted by molar-refractivity contribution is 6.31. The maximum Gasteiger partial charge on any atom is 0.330 e. The Balaban J connectivity index is 3.03. The number of carbonyl (C=O) groups is 2. The zero-order chi connectivity index (χ0) is 13.9. The van der Waals surface area contributed by atoms with E-state index in [1.165, 1.54) is 13.8 Å². The number of nitrogens with two attached hydrogens (primary N) is 1. The van der Waals surface area contributed by atoms with Gasteiger partial charge in [0.15, 0.2) is 6.04 Å². The second kappa shape index (κ2) is 5.37. The Morgan fingerprint density at radius 3 is 2.39 bits per heavy atom. The molecule has 0 bridgehead atoms. The first-order valence-corrected chi connectivity index (χ1v) is 5.68. The molecule has 1 aromatic rings. The largest absolute Gasteiger partial charge is 0.479 e. The molecule has 6 heteroatoms. The van der Waals surface area contributed by atoms with Crippen molar-refractivity contribution in [1.29, 1.82) is 0 Å². The molecule has 0 saturated carbocycles. The molecule has 0 aromatic heterocycles. The summed E-state index contributed by atoms with van der Waals surface area (Å²) in [4.78, 5) is 22.9. The van der Waals surface area contributed by atoms with Gasteiger partial charge in [0.05, 0.1) is 5.54 Å². The number of hydrogen-bond acceptors (Lipinski definition) is 3. The minimum Gasteiger partial charge on any atom is -0.479 e. The number of hydrogen-bond donors (Lipinski definition) is 3. The van der Waals surface area contributed by atoms with Crippen molar-refractivity contribution in [2.45, 2.75) is 25.4 Å². The lowest BCUT2D eigenvalue weighted by Crippen LogP contribution is -2.51. The predicted molar refractivity (Wildman–Crippen MR) is 68.2 cm³/mol. The van der Waals surface area contributed by atoms with Gasteiger partial charge in [-0.3, -0.25) is 4.79 Å². The summed E-state index contributed by atoms with van der Waals surface area (Å²) in [5.74, 6) is -1.75. The molecule has 1 atom stereocenters. The van der Waals surface area contributed by atoms with Crippen LogP contribution < -0.4 is 11.1 Å². The maximum absolute atomic E-state index is 11.7. The molecule has 98 valence electrons. The first-order valence-electron chi connectivity index (χ1n) is 5.30. The molecule has 0 fully saturated rings. The molecule has 0 unspecified atom stereocenters. The van der Waals surface area contributed by atoms with Gasteiger partial charge in [-0.15, -0.1) is 0 Å². The van der Waals surface area contributed by atoms with Gasteiger partial charge in [-0.05, 0) is 19.9 Å².